The molecule has 0 aliphatic carbocycles. The first-order valence-corrected chi connectivity index (χ1v) is 16.4. The minimum atomic E-state index is -1.56. The van der Waals surface area contributed by atoms with E-state index in [1.165, 1.54) is 28.4 Å². The summed E-state index contributed by atoms with van der Waals surface area (Å²) >= 11 is 2.73. The van der Waals surface area contributed by atoms with Crippen molar-refractivity contribution in [3.63, 3.8) is 0 Å². The third kappa shape index (κ3) is 7.46. The molecule has 3 aromatic carbocycles. The van der Waals surface area contributed by atoms with Crippen LogP contribution >= 0.6 is 23.5 Å². The summed E-state index contributed by atoms with van der Waals surface area (Å²) in [5.74, 6) is -0.922. The third-order valence-electron chi connectivity index (χ3n) is 7.78. The van der Waals surface area contributed by atoms with Crippen molar-refractivity contribution in [2.24, 2.45) is 0 Å². The van der Waals surface area contributed by atoms with Crippen molar-refractivity contribution in [3.8, 4) is 0 Å². The van der Waals surface area contributed by atoms with Gasteiger partial charge in [-0.2, -0.15) is 0 Å². The van der Waals surface area contributed by atoms with E-state index < -0.39 is 28.8 Å². The largest absolute Gasteiger partial charge is 0.381 e. The van der Waals surface area contributed by atoms with Gasteiger partial charge < -0.3 is 25.6 Å². The van der Waals surface area contributed by atoms with Gasteiger partial charge in [-0.25, -0.2) is 4.98 Å². The number of thioether (sulfide) groups is 2. The standard InChI is InChI=1S/C33H37N5O4S2/c1-21-11-7-8-14-23(21)18-34-30(41)29-33(2,3)44-20-38(29)31(42)28(40)26(17-22-12-5-4-6-13-22)35-27(39)19-43-32-36-24-15-9-10-16-25(24)37-32/h4-16,26,28-29,40H,17-20H2,1-3H3,(H,34,41)(H,35,39)(H,36,37). The van der Waals surface area contributed by atoms with Crippen LogP contribution in [0.15, 0.2) is 84.0 Å². The molecule has 1 aromatic heterocycles. The number of aromatic amines is 1. The summed E-state index contributed by atoms with van der Waals surface area (Å²) < 4.78 is -0.577. The number of para-hydroxylation sites is 2. The second kappa shape index (κ2) is 13.9. The lowest BCUT2D eigenvalue weighted by atomic mass is 9.97. The quantitative estimate of drug-likeness (QED) is 0.184. The Balaban J connectivity index is 1.29. The number of amides is 3. The van der Waals surface area contributed by atoms with Gasteiger partial charge in [0, 0.05) is 11.3 Å². The molecule has 1 fully saturated rings. The molecule has 0 spiro atoms. The maximum absolute atomic E-state index is 13.9. The first-order chi connectivity index (χ1) is 21.1. The number of aryl methyl sites for hydroxylation is 1. The predicted molar refractivity (Wildman–Crippen MR) is 175 cm³/mol. The van der Waals surface area contributed by atoms with Crippen molar-refractivity contribution in [2.45, 2.75) is 61.8 Å². The Bertz CT molecular complexity index is 1590. The molecule has 2 heterocycles. The van der Waals surface area contributed by atoms with Crippen LogP contribution in [0, 0.1) is 6.92 Å². The van der Waals surface area contributed by atoms with Gasteiger partial charge in [0.1, 0.15) is 6.04 Å². The summed E-state index contributed by atoms with van der Waals surface area (Å²) in [5, 5.41) is 18.0. The molecular weight excluding hydrogens is 595 g/mol. The summed E-state index contributed by atoms with van der Waals surface area (Å²) in [6.07, 6.45) is -1.32. The maximum atomic E-state index is 13.9. The van der Waals surface area contributed by atoms with Gasteiger partial charge in [0.05, 0.1) is 28.7 Å². The van der Waals surface area contributed by atoms with Crippen LogP contribution in [-0.2, 0) is 27.3 Å². The number of benzene rings is 3. The molecule has 0 radical (unpaired) electrons. The van der Waals surface area contributed by atoms with Crippen molar-refractivity contribution < 1.29 is 19.5 Å². The number of nitrogens with zero attached hydrogens (tertiary/aromatic N) is 2. The zero-order valence-corrected chi connectivity index (χ0v) is 26.6. The highest BCUT2D eigenvalue weighted by Crippen LogP contribution is 2.40. The van der Waals surface area contributed by atoms with Crippen molar-refractivity contribution in [3.05, 3.63) is 95.6 Å². The second-order valence-corrected chi connectivity index (χ2v) is 14.0. The molecular formula is C33H37N5O4S2. The molecule has 3 atom stereocenters. The molecule has 9 nitrogen and oxygen atoms in total. The molecule has 0 saturated carbocycles. The van der Waals surface area contributed by atoms with Crippen molar-refractivity contribution in [2.75, 3.05) is 11.6 Å². The van der Waals surface area contributed by atoms with Gasteiger partial charge in [-0.05, 0) is 56.0 Å². The fraction of sp³-hybridized carbons (Fsp3) is 0.333. The Labute approximate surface area is 265 Å². The average molecular weight is 632 g/mol. The van der Waals surface area contributed by atoms with E-state index >= 15 is 0 Å². The van der Waals surface area contributed by atoms with Crippen LogP contribution in [0.3, 0.4) is 0 Å². The van der Waals surface area contributed by atoms with Crippen molar-refractivity contribution in [1.29, 1.82) is 0 Å². The lowest BCUT2D eigenvalue weighted by molar-refractivity contribution is -0.147. The van der Waals surface area contributed by atoms with Crippen LogP contribution in [-0.4, -0.2) is 72.3 Å². The van der Waals surface area contributed by atoms with Gasteiger partial charge in [-0.1, -0.05) is 78.5 Å². The van der Waals surface area contributed by atoms with E-state index in [0.717, 1.165) is 27.7 Å². The van der Waals surface area contributed by atoms with E-state index in [0.29, 0.717) is 11.7 Å². The van der Waals surface area contributed by atoms with Crippen LogP contribution in [0.4, 0.5) is 0 Å². The first kappa shape index (κ1) is 31.6. The molecule has 44 heavy (non-hydrogen) atoms. The van der Waals surface area contributed by atoms with Crippen LogP contribution in [0.2, 0.25) is 0 Å². The van der Waals surface area contributed by atoms with Gasteiger partial charge in [0.2, 0.25) is 11.8 Å². The minimum absolute atomic E-state index is 0.0442. The highest BCUT2D eigenvalue weighted by molar-refractivity contribution is 8.01. The van der Waals surface area contributed by atoms with Crippen LogP contribution in [0.25, 0.3) is 11.0 Å². The van der Waals surface area contributed by atoms with E-state index in [1.54, 1.807) is 0 Å². The Morgan fingerprint density at radius 2 is 1.77 bits per heavy atom. The number of carbonyl (C=O) groups excluding carboxylic acids is 3. The van der Waals surface area contributed by atoms with Gasteiger partial charge in [0.25, 0.3) is 5.91 Å². The van der Waals surface area contributed by atoms with E-state index in [2.05, 4.69) is 20.6 Å². The van der Waals surface area contributed by atoms with Gasteiger partial charge in [-0.3, -0.25) is 14.4 Å². The molecule has 4 aromatic rings. The molecule has 0 bridgehead atoms. The van der Waals surface area contributed by atoms with E-state index in [9.17, 15) is 19.5 Å². The molecule has 230 valence electrons. The highest BCUT2D eigenvalue weighted by Gasteiger charge is 2.49. The number of aliphatic hydroxyl groups excluding tert-OH is 1. The third-order valence-corrected chi connectivity index (χ3v) is 10.0. The molecule has 3 amide bonds. The molecule has 1 aliphatic heterocycles. The summed E-state index contributed by atoms with van der Waals surface area (Å²) in [4.78, 5) is 49.7. The van der Waals surface area contributed by atoms with E-state index in [1.807, 2.05) is 99.6 Å². The fourth-order valence-electron chi connectivity index (χ4n) is 5.33. The first-order valence-electron chi connectivity index (χ1n) is 14.5. The van der Waals surface area contributed by atoms with Gasteiger partial charge in [-0.15, -0.1) is 11.8 Å². The Morgan fingerprint density at radius 1 is 1.07 bits per heavy atom. The number of carbonyl (C=O) groups is 3. The van der Waals surface area contributed by atoms with Crippen LogP contribution < -0.4 is 10.6 Å². The minimum Gasteiger partial charge on any atom is -0.381 e. The maximum Gasteiger partial charge on any atom is 0.254 e. The number of rotatable bonds is 11. The number of hydrogen-bond donors (Lipinski definition) is 4. The van der Waals surface area contributed by atoms with Crippen LogP contribution in [0.5, 0.6) is 0 Å². The highest BCUT2D eigenvalue weighted by atomic mass is 32.2. The molecule has 4 N–H and O–H groups in total. The number of nitrogens with one attached hydrogen (secondary N) is 3. The summed E-state index contributed by atoms with van der Waals surface area (Å²) in [7, 11) is 0. The molecule has 5 rings (SSSR count). The van der Waals surface area contributed by atoms with Gasteiger partial charge >= 0.3 is 0 Å². The van der Waals surface area contributed by atoms with Gasteiger partial charge in [0.15, 0.2) is 11.3 Å². The fourth-order valence-corrected chi connectivity index (χ4v) is 7.17. The molecule has 1 saturated heterocycles. The topological polar surface area (TPSA) is 127 Å². The predicted octanol–water partition coefficient (Wildman–Crippen LogP) is 4.05. The van der Waals surface area contributed by atoms with Crippen molar-refractivity contribution in [1.82, 2.24) is 25.5 Å². The van der Waals surface area contributed by atoms with Crippen molar-refractivity contribution >= 4 is 52.3 Å². The Morgan fingerprint density at radius 3 is 2.52 bits per heavy atom. The summed E-state index contributed by atoms with van der Waals surface area (Å²) in [5.41, 5.74) is 4.60. The zero-order chi connectivity index (χ0) is 31.3. The Kier molecular flexibility index (Phi) is 9.97. The smallest absolute Gasteiger partial charge is 0.254 e. The number of hydrogen-bond acceptors (Lipinski definition) is 7. The lowest BCUT2D eigenvalue weighted by Gasteiger charge is -2.33. The lowest BCUT2D eigenvalue weighted by Crippen LogP contribution is -2.58. The Hall–Kier alpha value is -3.80. The number of imidazole rings is 1. The molecule has 3 unspecified atom stereocenters. The molecule has 11 heteroatoms. The second-order valence-electron chi connectivity index (χ2n) is 11.4. The number of aliphatic hydroxyl groups is 1. The molecule has 1 aliphatic rings. The average Bonchev–Trinajstić information content (AvgIpc) is 3.58. The monoisotopic (exact) mass is 631 g/mol. The number of fused-ring (bicyclic) bond motifs is 1. The normalized spacial score (nSPS) is 17.3. The summed E-state index contributed by atoms with van der Waals surface area (Å²) in [6, 6.07) is 23.1. The zero-order valence-electron chi connectivity index (χ0n) is 24.9. The summed E-state index contributed by atoms with van der Waals surface area (Å²) in [6.45, 7) is 6.17. The van der Waals surface area contributed by atoms with E-state index in [-0.39, 0.29) is 29.9 Å². The van der Waals surface area contributed by atoms with E-state index in [4.69, 9.17) is 0 Å². The van der Waals surface area contributed by atoms with Crippen LogP contribution in [0.1, 0.15) is 30.5 Å². The number of H-pyrrole nitrogens is 1. The number of aromatic nitrogens is 2. The SMILES string of the molecule is Cc1ccccc1CNC(=O)C1N(C(=O)C(O)C(Cc2ccccc2)NC(=O)CSc2nc3ccccc3[nH]2)CSC1(C)C.